The molecule has 1 amide bonds. The first-order valence-electron chi connectivity index (χ1n) is 3.63. The Balaban J connectivity index is 2.68. The number of carbonyl (C=O) groups is 1. The molecule has 0 aromatic carbocycles. The third-order valence-electron chi connectivity index (χ3n) is 1.38. The van der Waals surface area contributed by atoms with Crippen molar-refractivity contribution in [1.82, 2.24) is 14.1 Å². The lowest BCUT2D eigenvalue weighted by Crippen LogP contribution is -2.42. The number of hydrogen-bond donors (Lipinski definition) is 1. The standard InChI is InChI=1S/C8H9N3OS/c1-4-8(2,3)10-7(12)6-5-9-13-11-6/h1,5H,2-3H3,(H,10,12). The molecule has 0 bridgehead atoms. The van der Waals surface area contributed by atoms with Crippen LogP contribution >= 0.6 is 11.7 Å². The van der Waals surface area contributed by atoms with Gasteiger partial charge in [0, 0.05) is 0 Å². The molecule has 0 aliphatic heterocycles. The minimum absolute atomic E-state index is 0.295. The number of aromatic nitrogens is 2. The molecule has 1 aromatic rings. The molecule has 13 heavy (non-hydrogen) atoms. The van der Waals surface area contributed by atoms with Crippen molar-refractivity contribution in [3.8, 4) is 12.3 Å². The topological polar surface area (TPSA) is 54.9 Å². The number of amides is 1. The number of rotatable bonds is 2. The van der Waals surface area contributed by atoms with Gasteiger partial charge in [-0.15, -0.1) is 6.42 Å². The molecule has 5 heteroatoms. The van der Waals surface area contributed by atoms with E-state index in [1.807, 2.05) is 0 Å². The molecule has 0 fully saturated rings. The van der Waals surface area contributed by atoms with Gasteiger partial charge in [-0.3, -0.25) is 4.79 Å². The fraction of sp³-hybridized carbons (Fsp3) is 0.375. The first-order valence-corrected chi connectivity index (χ1v) is 4.36. The summed E-state index contributed by atoms with van der Waals surface area (Å²) < 4.78 is 7.50. The van der Waals surface area contributed by atoms with Crippen LogP contribution in [0.15, 0.2) is 6.20 Å². The molecule has 0 atom stereocenters. The normalized spacial score (nSPS) is 10.5. The zero-order valence-electron chi connectivity index (χ0n) is 7.37. The van der Waals surface area contributed by atoms with Crippen molar-refractivity contribution in [2.24, 2.45) is 0 Å². The summed E-state index contributed by atoms with van der Waals surface area (Å²) in [5, 5.41) is 2.64. The molecule has 0 aliphatic rings. The number of nitrogens with one attached hydrogen (secondary N) is 1. The predicted octanol–water partition coefficient (Wildman–Crippen LogP) is 0.680. The molecule has 4 nitrogen and oxygen atoms in total. The monoisotopic (exact) mass is 195 g/mol. The predicted molar refractivity (Wildman–Crippen MR) is 50.3 cm³/mol. The lowest BCUT2D eigenvalue weighted by Gasteiger charge is -2.18. The minimum atomic E-state index is -0.652. The zero-order chi connectivity index (χ0) is 9.90. The Bertz CT molecular complexity index is 337. The molecular formula is C8H9N3OS. The van der Waals surface area contributed by atoms with Crippen LogP contribution in [0.1, 0.15) is 24.3 Å². The Hall–Kier alpha value is -1.41. The van der Waals surface area contributed by atoms with Crippen molar-refractivity contribution >= 4 is 17.6 Å². The number of carbonyl (C=O) groups excluding carboxylic acids is 1. The van der Waals surface area contributed by atoms with Crippen molar-refractivity contribution in [2.45, 2.75) is 19.4 Å². The summed E-state index contributed by atoms with van der Waals surface area (Å²) in [5.41, 5.74) is -0.353. The van der Waals surface area contributed by atoms with E-state index in [0.717, 1.165) is 11.7 Å². The summed E-state index contributed by atoms with van der Waals surface area (Å²) in [6.07, 6.45) is 6.62. The highest BCUT2D eigenvalue weighted by Crippen LogP contribution is 2.02. The molecule has 0 aliphatic carbocycles. The Morgan fingerprint density at radius 3 is 2.92 bits per heavy atom. The second kappa shape index (κ2) is 3.54. The van der Waals surface area contributed by atoms with Crippen molar-refractivity contribution in [3.63, 3.8) is 0 Å². The molecular weight excluding hydrogens is 186 g/mol. The summed E-state index contributed by atoms with van der Waals surface area (Å²) >= 11 is 0.989. The van der Waals surface area contributed by atoms with Crippen molar-refractivity contribution < 1.29 is 4.79 Å². The highest BCUT2D eigenvalue weighted by molar-refractivity contribution is 6.99. The van der Waals surface area contributed by atoms with Gasteiger partial charge in [0.15, 0.2) is 5.69 Å². The van der Waals surface area contributed by atoms with E-state index >= 15 is 0 Å². The highest BCUT2D eigenvalue weighted by Gasteiger charge is 2.19. The molecule has 0 saturated carbocycles. The molecule has 1 N–H and O–H groups in total. The van der Waals surface area contributed by atoms with Crippen LogP contribution in [0, 0.1) is 12.3 Å². The molecule has 0 saturated heterocycles. The third kappa shape index (κ3) is 2.53. The van der Waals surface area contributed by atoms with Crippen LogP contribution in [-0.2, 0) is 0 Å². The van der Waals surface area contributed by atoms with E-state index in [-0.39, 0.29) is 5.91 Å². The van der Waals surface area contributed by atoms with Gasteiger partial charge in [-0.1, -0.05) is 5.92 Å². The van der Waals surface area contributed by atoms with Crippen LogP contribution in [-0.4, -0.2) is 20.2 Å². The van der Waals surface area contributed by atoms with Crippen LogP contribution in [0.3, 0.4) is 0 Å². The number of nitrogens with zero attached hydrogens (tertiary/aromatic N) is 2. The smallest absolute Gasteiger partial charge is 0.273 e. The minimum Gasteiger partial charge on any atom is -0.335 e. The summed E-state index contributed by atoms with van der Waals surface area (Å²) in [5.74, 6) is 2.16. The lowest BCUT2D eigenvalue weighted by atomic mass is 10.1. The first kappa shape index (κ1) is 9.68. The molecule has 0 spiro atoms. The van der Waals surface area contributed by atoms with E-state index in [1.54, 1.807) is 13.8 Å². The van der Waals surface area contributed by atoms with Gasteiger partial charge in [0.1, 0.15) is 0 Å². The largest absolute Gasteiger partial charge is 0.335 e. The lowest BCUT2D eigenvalue weighted by molar-refractivity contribution is 0.0925. The maximum absolute atomic E-state index is 11.4. The molecule has 1 rings (SSSR count). The maximum atomic E-state index is 11.4. The van der Waals surface area contributed by atoms with Crippen LogP contribution in [0.25, 0.3) is 0 Å². The third-order valence-corrected chi connectivity index (χ3v) is 1.86. The number of hydrogen-bond acceptors (Lipinski definition) is 4. The Morgan fingerprint density at radius 1 is 1.77 bits per heavy atom. The maximum Gasteiger partial charge on any atom is 0.273 e. The second-order valence-corrected chi connectivity index (χ2v) is 3.57. The first-order chi connectivity index (χ1) is 6.05. The van der Waals surface area contributed by atoms with Crippen LogP contribution in [0.4, 0.5) is 0 Å². The van der Waals surface area contributed by atoms with Crippen LogP contribution in [0.2, 0.25) is 0 Å². The van der Waals surface area contributed by atoms with E-state index in [1.165, 1.54) is 6.20 Å². The Morgan fingerprint density at radius 2 is 2.46 bits per heavy atom. The molecule has 68 valence electrons. The average molecular weight is 195 g/mol. The van der Waals surface area contributed by atoms with Gasteiger partial charge in [0.2, 0.25) is 0 Å². The van der Waals surface area contributed by atoms with Crippen molar-refractivity contribution in [2.75, 3.05) is 0 Å². The van der Waals surface area contributed by atoms with Gasteiger partial charge in [-0.25, -0.2) is 0 Å². The van der Waals surface area contributed by atoms with Crippen molar-refractivity contribution in [3.05, 3.63) is 11.9 Å². The average Bonchev–Trinajstić information content (AvgIpc) is 2.55. The number of terminal acetylenes is 1. The van der Waals surface area contributed by atoms with Gasteiger partial charge >= 0.3 is 0 Å². The van der Waals surface area contributed by atoms with E-state index in [4.69, 9.17) is 6.42 Å². The summed E-state index contributed by atoms with van der Waals surface area (Å²) in [4.78, 5) is 11.4. The van der Waals surface area contributed by atoms with Crippen LogP contribution < -0.4 is 5.32 Å². The van der Waals surface area contributed by atoms with Gasteiger partial charge in [-0.2, -0.15) is 8.75 Å². The van der Waals surface area contributed by atoms with E-state index in [0.29, 0.717) is 5.69 Å². The van der Waals surface area contributed by atoms with Crippen LogP contribution in [0.5, 0.6) is 0 Å². The highest BCUT2D eigenvalue weighted by atomic mass is 32.1. The molecule has 1 heterocycles. The SMILES string of the molecule is C#CC(C)(C)NC(=O)c1cnsn1. The van der Waals surface area contributed by atoms with E-state index in [9.17, 15) is 4.79 Å². The Kier molecular flexibility index (Phi) is 2.63. The Labute approximate surface area is 80.7 Å². The van der Waals surface area contributed by atoms with Crippen molar-refractivity contribution in [1.29, 1.82) is 0 Å². The van der Waals surface area contributed by atoms with Gasteiger partial charge < -0.3 is 5.32 Å². The quantitative estimate of drug-likeness (QED) is 0.706. The molecule has 0 unspecified atom stereocenters. The van der Waals surface area contributed by atoms with E-state index < -0.39 is 5.54 Å². The zero-order valence-corrected chi connectivity index (χ0v) is 8.18. The van der Waals surface area contributed by atoms with E-state index in [2.05, 4.69) is 20.0 Å². The van der Waals surface area contributed by atoms with Gasteiger partial charge in [-0.05, 0) is 13.8 Å². The van der Waals surface area contributed by atoms with Gasteiger partial charge in [0.25, 0.3) is 5.91 Å². The summed E-state index contributed by atoms with van der Waals surface area (Å²) in [6, 6.07) is 0. The second-order valence-electron chi connectivity index (χ2n) is 3.02. The molecule has 1 aromatic heterocycles. The summed E-state index contributed by atoms with van der Waals surface area (Å²) in [6.45, 7) is 3.48. The summed E-state index contributed by atoms with van der Waals surface area (Å²) in [7, 11) is 0. The molecule has 0 radical (unpaired) electrons. The fourth-order valence-corrected chi connectivity index (χ4v) is 1.06. The fourth-order valence-electron chi connectivity index (χ4n) is 0.649. The van der Waals surface area contributed by atoms with Gasteiger partial charge in [0.05, 0.1) is 23.5 Å².